The molecular weight excluding hydrogens is 188 g/mol. The molecule has 0 radical (unpaired) electrons. The van der Waals surface area contributed by atoms with E-state index in [9.17, 15) is 9.90 Å². The van der Waals surface area contributed by atoms with E-state index in [2.05, 4.69) is 0 Å². The Morgan fingerprint density at radius 1 is 1.27 bits per heavy atom. The Kier molecular flexibility index (Phi) is 5.05. The van der Waals surface area contributed by atoms with Gasteiger partial charge in [-0.3, -0.25) is 4.79 Å². The third kappa shape index (κ3) is 4.26. The number of hydrogen-bond acceptors (Lipinski definition) is 2. The first-order valence-corrected chi connectivity index (χ1v) is 5.48. The number of benzene rings is 1. The molecule has 0 fully saturated rings. The van der Waals surface area contributed by atoms with Gasteiger partial charge in [-0.1, -0.05) is 37.3 Å². The summed E-state index contributed by atoms with van der Waals surface area (Å²) in [7, 11) is 0. The summed E-state index contributed by atoms with van der Waals surface area (Å²) >= 11 is 0. The fourth-order valence-electron chi connectivity index (χ4n) is 1.54. The number of ketones is 1. The molecule has 1 atom stereocenters. The van der Waals surface area contributed by atoms with E-state index in [4.69, 9.17) is 0 Å². The second-order valence-electron chi connectivity index (χ2n) is 3.75. The molecule has 2 nitrogen and oxygen atoms in total. The molecule has 1 aromatic rings. The van der Waals surface area contributed by atoms with E-state index < -0.39 is 6.10 Å². The minimum Gasteiger partial charge on any atom is -0.388 e. The van der Waals surface area contributed by atoms with Gasteiger partial charge in [0.1, 0.15) is 5.78 Å². The molecule has 0 aliphatic carbocycles. The third-order valence-electron chi connectivity index (χ3n) is 2.41. The van der Waals surface area contributed by atoms with Crippen molar-refractivity contribution in [3.8, 4) is 0 Å². The van der Waals surface area contributed by atoms with E-state index in [1.165, 1.54) is 0 Å². The van der Waals surface area contributed by atoms with E-state index in [0.29, 0.717) is 19.3 Å². The van der Waals surface area contributed by atoms with Crippen molar-refractivity contribution in [1.82, 2.24) is 0 Å². The van der Waals surface area contributed by atoms with Crippen LogP contribution >= 0.6 is 0 Å². The van der Waals surface area contributed by atoms with Crippen molar-refractivity contribution < 1.29 is 9.90 Å². The highest BCUT2D eigenvalue weighted by atomic mass is 16.3. The minimum absolute atomic E-state index is 0.243. The molecular formula is C13H18O2. The lowest BCUT2D eigenvalue weighted by Gasteiger charge is -2.09. The lowest BCUT2D eigenvalue weighted by molar-refractivity contribution is -0.119. The predicted molar refractivity (Wildman–Crippen MR) is 60.6 cm³/mol. The summed E-state index contributed by atoms with van der Waals surface area (Å²) in [5, 5.41) is 9.79. The molecule has 1 rings (SSSR count). The summed E-state index contributed by atoms with van der Waals surface area (Å²) in [5.74, 6) is 0.243. The molecule has 0 saturated carbocycles. The van der Waals surface area contributed by atoms with Crippen LogP contribution in [0.2, 0.25) is 0 Å². The molecule has 0 heterocycles. The normalized spacial score (nSPS) is 12.4. The van der Waals surface area contributed by atoms with Crippen molar-refractivity contribution in [3.05, 3.63) is 35.9 Å². The highest BCUT2D eigenvalue weighted by Gasteiger charge is 2.09. The van der Waals surface area contributed by atoms with Crippen molar-refractivity contribution in [2.24, 2.45) is 0 Å². The van der Waals surface area contributed by atoms with Crippen molar-refractivity contribution in [2.45, 2.75) is 38.7 Å². The number of hydrogen-bond donors (Lipinski definition) is 1. The van der Waals surface area contributed by atoms with Gasteiger partial charge in [-0.15, -0.1) is 0 Å². The maximum absolute atomic E-state index is 11.3. The van der Waals surface area contributed by atoms with Gasteiger partial charge in [0.2, 0.25) is 0 Å². The van der Waals surface area contributed by atoms with Gasteiger partial charge in [0.05, 0.1) is 6.10 Å². The van der Waals surface area contributed by atoms with Crippen LogP contribution in [0.4, 0.5) is 0 Å². The quantitative estimate of drug-likeness (QED) is 0.777. The van der Waals surface area contributed by atoms with Crippen LogP contribution in [0.1, 0.15) is 44.3 Å². The van der Waals surface area contributed by atoms with E-state index in [0.717, 1.165) is 12.0 Å². The Morgan fingerprint density at radius 3 is 2.53 bits per heavy atom. The Morgan fingerprint density at radius 2 is 1.93 bits per heavy atom. The molecule has 0 aromatic heterocycles. The van der Waals surface area contributed by atoms with Gasteiger partial charge in [0.15, 0.2) is 0 Å². The first-order chi connectivity index (χ1) is 7.24. The van der Waals surface area contributed by atoms with Crippen LogP contribution in [0, 0.1) is 0 Å². The van der Waals surface area contributed by atoms with Crippen molar-refractivity contribution >= 4 is 5.78 Å². The summed E-state index contributed by atoms with van der Waals surface area (Å²) in [6.45, 7) is 1.99. The molecule has 1 N–H and O–H groups in total. The van der Waals surface area contributed by atoms with Crippen LogP contribution < -0.4 is 0 Å². The van der Waals surface area contributed by atoms with Gasteiger partial charge in [-0.25, -0.2) is 0 Å². The van der Waals surface area contributed by atoms with Gasteiger partial charge in [-0.05, 0) is 18.4 Å². The van der Waals surface area contributed by atoms with Crippen LogP contribution in [-0.4, -0.2) is 10.9 Å². The standard InChI is InChI=1S/C13H18O2/c1-2-6-12(14)9-10-13(15)11-7-4-3-5-8-11/h3-5,7-8,13,15H,2,6,9-10H2,1H3. The second kappa shape index (κ2) is 6.36. The van der Waals surface area contributed by atoms with Gasteiger partial charge < -0.3 is 5.11 Å². The van der Waals surface area contributed by atoms with Gasteiger partial charge in [0, 0.05) is 12.8 Å². The monoisotopic (exact) mass is 206 g/mol. The number of carbonyl (C=O) groups excluding carboxylic acids is 1. The molecule has 15 heavy (non-hydrogen) atoms. The van der Waals surface area contributed by atoms with Crippen LogP contribution in [0.5, 0.6) is 0 Å². The van der Waals surface area contributed by atoms with E-state index in [-0.39, 0.29) is 5.78 Å². The summed E-state index contributed by atoms with van der Waals surface area (Å²) in [6, 6.07) is 9.47. The van der Waals surface area contributed by atoms with Crippen molar-refractivity contribution in [3.63, 3.8) is 0 Å². The Labute approximate surface area is 90.9 Å². The molecule has 0 aliphatic heterocycles. The predicted octanol–water partition coefficient (Wildman–Crippen LogP) is 2.87. The first-order valence-electron chi connectivity index (χ1n) is 5.48. The Hall–Kier alpha value is -1.15. The van der Waals surface area contributed by atoms with Crippen LogP contribution in [0.25, 0.3) is 0 Å². The molecule has 0 aliphatic rings. The number of aliphatic hydroxyl groups is 1. The molecule has 0 spiro atoms. The second-order valence-corrected chi connectivity index (χ2v) is 3.75. The van der Waals surface area contributed by atoms with Crippen molar-refractivity contribution in [1.29, 1.82) is 0 Å². The van der Waals surface area contributed by atoms with Crippen LogP contribution in [0.3, 0.4) is 0 Å². The SMILES string of the molecule is CCCC(=O)CCC(O)c1ccccc1. The lowest BCUT2D eigenvalue weighted by Crippen LogP contribution is -2.03. The number of carbonyl (C=O) groups is 1. The molecule has 0 amide bonds. The topological polar surface area (TPSA) is 37.3 Å². The van der Waals surface area contributed by atoms with Crippen LogP contribution in [0.15, 0.2) is 30.3 Å². The zero-order valence-corrected chi connectivity index (χ0v) is 9.15. The summed E-state index contributed by atoms with van der Waals surface area (Å²) in [6.07, 6.45) is 2.01. The Bertz CT molecular complexity index is 293. The van der Waals surface area contributed by atoms with Crippen LogP contribution in [-0.2, 0) is 4.79 Å². The first kappa shape index (κ1) is 11.9. The zero-order chi connectivity index (χ0) is 11.1. The molecule has 0 bridgehead atoms. The highest BCUT2D eigenvalue weighted by molar-refractivity contribution is 5.78. The van der Waals surface area contributed by atoms with Gasteiger partial charge >= 0.3 is 0 Å². The average molecular weight is 206 g/mol. The van der Waals surface area contributed by atoms with E-state index in [1.807, 2.05) is 37.3 Å². The fraction of sp³-hybridized carbons (Fsp3) is 0.462. The summed E-state index contributed by atoms with van der Waals surface area (Å²) < 4.78 is 0. The van der Waals surface area contributed by atoms with Gasteiger partial charge in [0.25, 0.3) is 0 Å². The number of rotatable bonds is 6. The largest absolute Gasteiger partial charge is 0.388 e. The zero-order valence-electron chi connectivity index (χ0n) is 9.15. The molecule has 1 aromatic carbocycles. The van der Waals surface area contributed by atoms with Crippen molar-refractivity contribution in [2.75, 3.05) is 0 Å². The molecule has 2 heteroatoms. The maximum Gasteiger partial charge on any atom is 0.133 e. The average Bonchev–Trinajstić information content (AvgIpc) is 2.27. The van der Waals surface area contributed by atoms with Gasteiger partial charge in [-0.2, -0.15) is 0 Å². The van der Waals surface area contributed by atoms with E-state index >= 15 is 0 Å². The minimum atomic E-state index is -0.507. The maximum atomic E-state index is 11.3. The highest BCUT2D eigenvalue weighted by Crippen LogP contribution is 2.18. The fourth-order valence-corrected chi connectivity index (χ4v) is 1.54. The summed E-state index contributed by atoms with van der Waals surface area (Å²) in [4.78, 5) is 11.3. The smallest absolute Gasteiger partial charge is 0.133 e. The van der Waals surface area contributed by atoms with E-state index in [1.54, 1.807) is 0 Å². The molecule has 82 valence electrons. The summed E-state index contributed by atoms with van der Waals surface area (Å²) in [5.41, 5.74) is 0.891. The lowest BCUT2D eigenvalue weighted by atomic mass is 10.0. The number of aliphatic hydroxyl groups excluding tert-OH is 1. The Balaban J connectivity index is 2.37. The number of Topliss-reactive ketones (excluding diaryl/α,β-unsaturated/α-hetero) is 1. The third-order valence-corrected chi connectivity index (χ3v) is 2.41. The molecule has 1 unspecified atom stereocenters. The molecule has 0 saturated heterocycles.